The Hall–Kier alpha value is -6.78. The van der Waals surface area contributed by atoms with Crippen LogP contribution in [-0.2, 0) is 0 Å². The van der Waals surface area contributed by atoms with E-state index in [1.165, 1.54) is 27.5 Å². The van der Waals surface area contributed by atoms with Crippen LogP contribution in [0.1, 0.15) is 22.9 Å². The number of hydrogen-bond acceptors (Lipinski definition) is 3. The third-order valence-corrected chi connectivity index (χ3v) is 9.90. The molecule has 1 unspecified atom stereocenters. The van der Waals surface area contributed by atoms with E-state index in [1.807, 2.05) is 30.3 Å². The predicted molar refractivity (Wildman–Crippen MR) is 212 cm³/mol. The van der Waals surface area contributed by atoms with Crippen molar-refractivity contribution in [3.05, 3.63) is 198 Å². The minimum Gasteiger partial charge on any atom is -0.455 e. The van der Waals surface area contributed by atoms with Crippen molar-refractivity contribution in [1.82, 2.24) is 0 Å². The van der Waals surface area contributed by atoms with Crippen molar-refractivity contribution in [3.8, 4) is 22.3 Å². The maximum atomic E-state index is 6.47. The highest BCUT2D eigenvalue weighted by Crippen LogP contribution is 2.39. The van der Waals surface area contributed by atoms with E-state index < -0.39 is 6.17 Å². The van der Waals surface area contributed by atoms with Crippen molar-refractivity contribution in [2.75, 3.05) is 0 Å². The van der Waals surface area contributed by atoms with Gasteiger partial charge in [-0.25, -0.2) is 0 Å². The van der Waals surface area contributed by atoms with E-state index in [4.69, 9.17) is 19.7 Å². The summed E-state index contributed by atoms with van der Waals surface area (Å²) >= 11 is 0. The van der Waals surface area contributed by atoms with Crippen LogP contribution in [0.3, 0.4) is 0 Å². The Bertz CT molecular complexity index is 2820. The Labute approximate surface area is 295 Å². The lowest BCUT2D eigenvalue weighted by atomic mass is 9.92. The molecule has 1 aliphatic heterocycles. The summed E-state index contributed by atoms with van der Waals surface area (Å²) in [6.07, 6.45) is -0.492. The molecule has 1 aliphatic rings. The van der Waals surface area contributed by atoms with Gasteiger partial charge in [0.2, 0.25) is 0 Å². The molecule has 10 rings (SSSR count). The number of furan rings is 1. The second-order valence-electron chi connectivity index (χ2n) is 12.9. The molecule has 0 spiro atoms. The molecule has 51 heavy (non-hydrogen) atoms. The average Bonchev–Trinajstić information content (AvgIpc) is 3.59. The Morgan fingerprint density at radius 1 is 0.431 bits per heavy atom. The topological polar surface area (TPSA) is 52.0 Å². The van der Waals surface area contributed by atoms with E-state index in [0.717, 1.165) is 55.0 Å². The summed E-state index contributed by atoms with van der Waals surface area (Å²) in [5.41, 5.74) is 9.12. The van der Waals surface area contributed by atoms with Crippen molar-refractivity contribution in [2.24, 2.45) is 9.98 Å². The molecule has 4 heteroatoms. The van der Waals surface area contributed by atoms with Gasteiger partial charge in [0, 0.05) is 21.9 Å². The zero-order chi connectivity index (χ0) is 33.7. The Kier molecular flexibility index (Phi) is 6.85. The van der Waals surface area contributed by atoms with Crippen LogP contribution in [0.25, 0.3) is 71.1 Å². The van der Waals surface area contributed by atoms with Gasteiger partial charge in [0.1, 0.15) is 11.2 Å². The van der Waals surface area contributed by atoms with E-state index in [-0.39, 0.29) is 0 Å². The van der Waals surface area contributed by atoms with Gasteiger partial charge in [-0.05, 0) is 61.3 Å². The maximum absolute atomic E-state index is 6.47. The highest BCUT2D eigenvalue weighted by Gasteiger charge is 2.19. The molecule has 0 saturated heterocycles. The lowest BCUT2D eigenvalue weighted by molar-refractivity contribution is 0.668. The van der Waals surface area contributed by atoms with Crippen LogP contribution in [0.2, 0.25) is 0 Å². The summed E-state index contributed by atoms with van der Waals surface area (Å²) in [7, 11) is 0. The Morgan fingerprint density at radius 2 is 1.00 bits per heavy atom. The molecule has 9 aromatic rings. The SMILES string of the molecule is c1ccc(-c2ccc(C3N=C(c4cccc5c(-c6cccc7ccccc67)cccc45)N=C(c4cccc5c4oc4ccccc45)[N-]3)cc2)cc1. The predicted octanol–water partition coefficient (Wildman–Crippen LogP) is 12.5. The Balaban J connectivity index is 1.15. The minimum atomic E-state index is -0.492. The van der Waals surface area contributed by atoms with Crippen molar-refractivity contribution in [3.63, 3.8) is 0 Å². The van der Waals surface area contributed by atoms with Crippen LogP contribution in [0.15, 0.2) is 190 Å². The number of aliphatic imine (C=N–C) groups is 2. The lowest BCUT2D eigenvalue weighted by Gasteiger charge is -2.32. The molecule has 0 amide bonds. The van der Waals surface area contributed by atoms with Crippen molar-refractivity contribution >= 4 is 55.2 Å². The van der Waals surface area contributed by atoms with Gasteiger partial charge in [-0.3, -0.25) is 4.99 Å². The van der Waals surface area contributed by atoms with Crippen LogP contribution in [0.4, 0.5) is 0 Å². The van der Waals surface area contributed by atoms with Crippen molar-refractivity contribution < 1.29 is 4.42 Å². The summed E-state index contributed by atoms with van der Waals surface area (Å²) in [5, 5.41) is 12.0. The third kappa shape index (κ3) is 5.00. The fourth-order valence-corrected chi connectivity index (χ4v) is 7.43. The summed E-state index contributed by atoms with van der Waals surface area (Å²) in [5.74, 6) is 1.25. The van der Waals surface area contributed by atoms with E-state index in [9.17, 15) is 0 Å². The molecular formula is C47H30N3O-. The summed E-state index contributed by atoms with van der Waals surface area (Å²) in [4.78, 5) is 10.5. The van der Waals surface area contributed by atoms with Gasteiger partial charge in [0.25, 0.3) is 0 Å². The number of rotatable bonds is 5. The highest BCUT2D eigenvalue weighted by molar-refractivity contribution is 6.26. The summed E-state index contributed by atoms with van der Waals surface area (Å²) < 4.78 is 6.47. The van der Waals surface area contributed by atoms with Gasteiger partial charge in [-0.1, -0.05) is 170 Å². The number of para-hydroxylation sites is 2. The minimum absolute atomic E-state index is 0.492. The zero-order valence-corrected chi connectivity index (χ0v) is 27.6. The fourth-order valence-electron chi connectivity index (χ4n) is 7.43. The molecule has 240 valence electrons. The fraction of sp³-hybridized carbons (Fsp3) is 0.0213. The molecule has 0 aliphatic carbocycles. The van der Waals surface area contributed by atoms with E-state index in [1.54, 1.807) is 0 Å². The summed E-state index contributed by atoms with van der Waals surface area (Å²) in [6, 6.07) is 61.3. The van der Waals surface area contributed by atoms with Crippen molar-refractivity contribution in [2.45, 2.75) is 6.17 Å². The van der Waals surface area contributed by atoms with Gasteiger partial charge >= 0.3 is 0 Å². The first-order chi connectivity index (χ1) is 25.3. The van der Waals surface area contributed by atoms with E-state index in [2.05, 4.69) is 146 Å². The average molecular weight is 653 g/mol. The van der Waals surface area contributed by atoms with Crippen LogP contribution in [0, 0.1) is 0 Å². The van der Waals surface area contributed by atoms with Gasteiger partial charge in [-0.15, -0.1) is 0 Å². The second-order valence-corrected chi connectivity index (χ2v) is 12.9. The van der Waals surface area contributed by atoms with Crippen molar-refractivity contribution in [1.29, 1.82) is 0 Å². The molecule has 0 saturated carbocycles. The number of nitrogens with zero attached hydrogens (tertiary/aromatic N) is 3. The first kappa shape index (κ1) is 29.2. The maximum Gasteiger partial charge on any atom is 0.142 e. The highest BCUT2D eigenvalue weighted by atomic mass is 16.3. The van der Waals surface area contributed by atoms with Crippen LogP contribution in [0.5, 0.6) is 0 Å². The van der Waals surface area contributed by atoms with Gasteiger partial charge in [-0.2, -0.15) is 0 Å². The molecule has 1 aromatic heterocycles. The molecule has 1 atom stereocenters. The molecule has 4 nitrogen and oxygen atoms in total. The molecule has 0 N–H and O–H groups in total. The number of benzene rings is 8. The van der Waals surface area contributed by atoms with Gasteiger partial charge in [0.05, 0.1) is 12.0 Å². The number of hydrogen-bond donors (Lipinski definition) is 0. The van der Waals surface area contributed by atoms with E-state index in [0.29, 0.717) is 11.7 Å². The smallest absolute Gasteiger partial charge is 0.142 e. The van der Waals surface area contributed by atoms with Crippen LogP contribution >= 0.6 is 0 Å². The van der Waals surface area contributed by atoms with Gasteiger partial charge in [0.15, 0.2) is 0 Å². The summed E-state index contributed by atoms with van der Waals surface area (Å²) in [6.45, 7) is 0. The normalized spacial score (nSPS) is 14.5. The molecule has 0 fully saturated rings. The second kappa shape index (κ2) is 12.0. The van der Waals surface area contributed by atoms with Crippen LogP contribution in [-0.4, -0.2) is 11.7 Å². The number of fused-ring (bicyclic) bond motifs is 5. The Morgan fingerprint density at radius 3 is 1.82 bits per heavy atom. The number of amidine groups is 2. The monoisotopic (exact) mass is 652 g/mol. The lowest BCUT2D eigenvalue weighted by Crippen LogP contribution is -2.16. The largest absolute Gasteiger partial charge is 0.455 e. The van der Waals surface area contributed by atoms with E-state index >= 15 is 0 Å². The molecular weight excluding hydrogens is 623 g/mol. The van der Waals surface area contributed by atoms with Crippen LogP contribution < -0.4 is 0 Å². The molecule has 2 heterocycles. The molecule has 8 aromatic carbocycles. The quantitative estimate of drug-likeness (QED) is 0.182. The standard InChI is InChI=1S/C47H30N3O/c1-2-12-30(13-3-1)31-26-28-33(29-27-31)45-48-46(50-47(49-45)42-24-11-22-40-39-17-6-7-25-43(39)51-44(40)42)41-23-10-20-37-36(19-9-21-38(37)41)35-18-8-15-32-14-4-5-16-34(32)35/h1-29,45H/q-1. The first-order valence-corrected chi connectivity index (χ1v) is 17.2. The zero-order valence-electron chi connectivity index (χ0n) is 27.6. The third-order valence-electron chi connectivity index (χ3n) is 9.90. The van der Waals surface area contributed by atoms with Gasteiger partial charge < -0.3 is 14.7 Å². The first-order valence-electron chi connectivity index (χ1n) is 17.2. The molecule has 0 bridgehead atoms. The molecule has 0 radical (unpaired) electrons.